The van der Waals surface area contributed by atoms with E-state index in [1.165, 1.54) is 22.6 Å². The van der Waals surface area contributed by atoms with Crippen LogP contribution in [0.15, 0.2) is 83.0 Å². The number of amides is 4. The molecule has 1 saturated carbocycles. The molecule has 0 aromatic heterocycles. The van der Waals surface area contributed by atoms with Gasteiger partial charge in [-0.05, 0) is 84.7 Å². The summed E-state index contributed by atoms with van der Waals surface area (Å²) in [6.07, 6.45) is 7.15. The van der Waals surface area contributed by atoms with Crippen LogP contribution in [0.2, 0.25) is 0 Å². The maximum absolute atomic E-state index is 13.4. The van der Waals surface area contributed by atoms with E-state index in [4.69, 9.17) is 10.7 Å². The summed E-state index contributed by atoms with van der Waals surface area (Å²) in [7, 11) is 0. The zero-order chi connectivity index (χ0) is 26.0. The number of rotatable bonds is 5. The molecule has 2 fully saturated rings. The summed E-state index contributed by atoms with van der Waals surface area (Å²) < 4.78 is 13.4. The maximum atomic E-state index is 13.4. The van der Waals surface area contributed by atoms with Gasteiger partial charge in [0.05, 0.1) is 17.4 Å². The SMILES string of the molecule is C[C@]12CC(=CN)C(=Nc3ccc(F)cc3)C=C1CC[C@@H]2CC(NC(=O)N1CCNC1=O)c1ccccc1. The quantitative estimate of drug-likeness (QED) is 0.515. The van der Waals surface area contributed by atoms with E-state index in [0.29, 0.717) is 24.7 Å². The monoisotopic (exact) mass is 501 g/mol. The third kappa shape index (κ3) is 5.01. The van der Waals surface area contributed by atoms with Crippen molar-refractivity contribution in [1.82, 2.24) is 15.5 Å². The lowest BCUT2D eigenvalue weighted by Gasteiger charge is -2.39. The molecule has 0 spiro atoms. The van der Waals surface area contributed by atoms with Crippen molar-refractivity contribution in [2.24, 2.45) is 22.1 Å². The summed E-state index contributed by atoms with van der Waals surface area (Å²) in [5.41, 5.74) is 10.7. The van der Waals surface area contributed by atoms with Gasteiger partial charge >= 0.3 is 12.1 Å². The van der Waals surface area contributed by atoms with Gasteiger partial charge in [-0.1, -0.05) is 42.8 Å². The Morgan fingerprint density at radius 2 is 2.03 bits per heavy atom. The van der Waals surface area contributed by atoms with Gasteiger partial charge in [-0.15, -0.1) is 0 Å². The molecule has 1 saturated heterocycles. The average Bonchev–Trinajstić information content (AvgIpc) is 3.47. The van der Waals surface area contributed by atoms with Crippen LogP contribution in [-0.4, -0.2) is 35.8 Å². The summed E-state index contributed by atoms with van der Waals surface area (Å²) in [6, 6.07) is 15.1. The highest BCUT2D eigenvalue weighted by atomic mass is 19.1. The standard InChI is InChI=1S/C29H32FN5O2/c1-29-17-20(18-31)26(33-24-11-9-23(30)10-12-24)16-22(29)8-7-21(29)15-25(19-5-3-2-4-6-19)34-28(37)35-14-13-32-27(35)36/h2-6,9-12,16,18,21,25H,7-8,13-15,17,31H2,1H3,(H,32,36)(H,34,37)/t21-,25?,29-/m1/s1. The van der Waals surface area contributed by atoms with Crippen molar-refractivity contribution >= 4 is 23.5 Å². The summed E-state index contributed by atoms with van der Waals surface area (Å²) >= 11 is 0. The van der Waals surface area contributed by atoms with Crippen molar-refractivity contribution in [2.45, 2.75) is 38.6 Å². The van der Waals surface area contributed by atoms with Crippen molar-refractivity contribution < 1.29 is 14.0 Å². The summed E-state index contributed by atoms with van der Waals surface area (Å²) in [6.45, 7) is 3.10. The largest absolute Gasteiger partial charge is 0.404 e. The lowest BCUT2D eigenvalue weighted by atomic mass is 9.67. The molecule has 3 aliphatic rings. The molecule has 7 nitrogen and oxygen atoms in total. The van der Waals surface area contributed by atoms with E-state index in [1.807, 2.05) is 30.3 Å². The van der Waals surface area contributed by atoms with E-state index in [9.17, 15) is 14.0 Å². The molecular formula is C29H32FN5O2. The van der Waals surface area contributed by atoms with Crippen molar-refractivity contribution in [3.8, 4) is 0 Å². The highest BCUT2D eigenvalue weighted by molar-refractivity contribution is 6.11. The molecule has 4 amide bonds. The predicted molar refractivity (Wildman–Crippen MR) is 142 cm³/mol. The van der Waals surface area contributed by atoms with E-state index in [-0.39, 0.29) is 29.3 Å². The lowest BCUT2D eigenvalue weighted by molar-refractivity contribution is 0.189. The van der Waals surface area contributed by atoms with Crippen LogP contribution in [0.5, 0.6) is 0 Å². The number of hydrogen-bond acceptors (Lipinski definition) is 4. The van der Waals surface area contributed by atoms with Gasteiger partial charge in [0, 0.05) is 13.1 Å². The third-order valence-corrected chi connectivity index (χ3v) is 7.99. The van der Waals surface area contributed by atoms with E-state index in [0.717, 1.165) is 42.5 Å². The van der Waals surface area contributed by atoms with Crippen LogP contribution in [0.4, 0.5) is 19.7 Å². The lowest BCUT2D eigenvalue weighted by Crippen LogP contribution is -2.44. The first-order valence-electron chi connectivity index (χ1n) is 12.7. The van der Waals surface area contributed by atoms with Gasteiger partial charge in [0.15, 0.2) is 0 Å². The van der Waals surface area contributed by atoms with Gasteiger partial charge in [0.2, 0.25) is 0 Å². The Bertz CT molecular complexity index is 1270. The number of fused-ring (bicyclic) bond motifs is 1. The van der Waals surface area contributed by atoms with Crippen LogP contribution in [0.25, 0.3) is 0 Å². The van der Waals surface area contributed by atoms with Crippen LogP contribution < -0.4 is 16.4 Å². The zero-order valence-electron chi connectivity index (χ0n) is 20.9. The summed E-state index contributed by atoms with van der Waals surface area (Å²) in [5.74, 6) is -0.00356. The zero-order valence-corrected chi connectivity index (χ0v) is 20.9. The van der Waals surface area contributed by atoms with Gasteiger partial charge in [0.25, 0.3) is 0 Å². The molecule has 2 aromatic rings. The Kier molecular flexibility index (Phi) is 6.82. The Balaban J connectivity index is 1.40. The van der Waals surface area contributed by atoms with Crippen molar-refractivity contribution in [2.75, 3.05) is 13.1 Å². The number of carbonyl (C=O) groups is 2. The molecular weight excluding hydrogens is 469 g/mol. The number of nitrogens with one attached hydrogen (secondary N) is 2. The fourth-order valence-electron chi connectivity index (χ4n) is 5.86. The number of allylic oxidation sites excluding steroid dienone is 3. The Hall–Kier alpha value is -3.94. The van der Waals surface area contributed by atoms with Gasteiger partial charge in [-0.25, -0.2) is 23.9 Å². The second-order valence-corrected chi connectivity index (χ2v) is 10.2. The maximum Gasteiger partial charge on any atom is 0.326 e. The minimum atomic E-state index is -0.373. The number of imide groups is 1. The topological polar surface area (TPSA) is 99.8 Å². The number of halogens is 1. The Morgan fingerprint density at radius 3 is 2.70 bits per heavy atom. The number of nitrogens with two attached hydrogens (primary N) is 1. The molecule has 0 bridgehead atoms. The first kappa shape index (κ1) is 24.7. The fraction of sp³-hybridized carbons (Fsp3) is 0.345. The first-order valence-corrected chi connectivity index (χ1v) is 12.7. The minimum Gasteiger partial charge on any atom is -0.404 e. The van der Waals surface area contributed by atoms with E-state index < -0.39 is 0 Å². The Morgan fingerprint density at radius 1 is 1.27 bits per heavy atom. The van der Waals surface area contributed by atoms with Crippen molar-refractivity contribution in [3.05, 3.63) is 89.4 Å². The number of hydrogen-bond donors (Lipinski definition) is 3. The number of urea groups is 2. The molecule has 0 radical (unpaired) electrons. The number of carbonyl (C=O) groups excluding carboxylic acids is 2. The predicted octanol–water partition coefficient (Wildman–Crippen LogP) is 5.35. The fourth-order valence-corrected chi connectivity index (χ4v) is 5.86. The molecule has 5 rings (SSSR count). The molecule has 1 unspecified atom stereocenters. The highest BCUT2D eigenvalue weighted by Crippen LogP contribution is 2.56. The number of nitrogens with zero attached hydrogens (tertiary/aromatic N) is 2. The molecule has 8 heteroatoms. The molecule has 2 aromatic carbocycles. The second-order valence-electron chi connectivity index (χ2n) is 10.2. The third-order valence-electron chi connectivity index (χ3n) is 7.99. The molecule has 37 heavy (non-hydrogen) atoms. The molecule has 4 N–H and O–H groups in total. The minimum absolute atomic E-state index is 0.129. The number of benzene rings is 2. The summed E-state index contributed by atoms with van der Waals surface area (Å²) in [4.78, 5) is 31.0. The molecule has 1 aliphatic heterocycles. The molecule has 3 atom stereocenters. The summed E-state index contributed by atoms with van der Waals surface area (Å²) in [5, 5.41) is 5.82. The molecule has 2 aliphatic carbocycles. The van der Waals surface area contributed by atoms with Gasteiger partial charge in [0.1, 0.15) is 5.82 Å². The van der Waals surface area contributed by atoms with Crippen LogP contribution in [0.3, 0.4) is 0 Å². The van der Waals surface area contributed by atoms with E-state index in [2.05, 4.69) is 23.6 Å². The van der Waals surface area contributed by atoms with Crippen LogP contribution in [0, 0.1) is 17.2 Å². The van der Waals surface area contributed by atoms with Gasteiger partial charge in [-0.3, -0.25) is 0 Å². The van der Waals surface area contributed by atoms with Crippen LogP contribution in [-0.2, 0) is 0 Å². The normalized spacial score (nSPS) is 26.1. The van der Waals surface area contributed by atoms with Crippen LogP contribution >= 0.6 is 0 Å². The van der Waals surface area contributed by atoms with Gasteiger partial charge < -0.3 is 16.4 Å². The smallest absolute Gasteiger partial charge is 0.326 e. The highest BCUT2D eigenvalue weighted by Gasteiger charge is 2.46. The Labute approximate surface area is 216 Å². The van der Waals surface area contributed by atoms with E-state index in [1.54, 1.807) is 18.3 Å². The van der Waals surface area contributed by atoms with Crippen molar-refractivity contribution in [1.29, 1.82) is 0 Å². The molecule has 1 heterocycles. The van der Waals surface area contributed by atoms with Crippen molar-refractivity contribution in [3.63, 3.8) is 0 Å². The van der Waals surface area contributed by atoms with E-state index >= 15 is 0 Å². The van der Waals surface area contributed by atoms with Crippen LogP contribution in [0.1, 0.15) is 44.2 Å². The molecule has 192 valence electrons. The average molecular weight is 502 g/mol. The number of aliphatic imine (C=N–C) groups is 1. The van der Waals surface area contributed by atoms with Gasteiger partial charge in [-0.2, -0.15) is 0 Å². The second kappa shape index (κ2) is 10.2. The first-order chi connectivity index (χ1) is 17.9.